The molecule has 0 unspecified atom stereocenters. The van der Waals surface area contributed by atoms with Crippen LogP contribution in [0.25, 0.3) is 0 Å². The number of rotatable bonds is 7. The van der Waals surface area contributed by atoms with Gasteiger partial charge in [0.2, 0.25) is 11.9 Å². The third-order valence-electron chi connectivity index (χ3n) is 7.45. The van der Waals surface area contributed by atoms with Crippen LogP contribution in [0.5, 0.6) is 5.75 Å². The number of nitrogens with two attached hydrogens (primary N) is 1. The number of benzene rings is 1. The fraction of sp³-hybridized carbons (Fsp3) is 0.480. The molecule has 0 radical (unpaired) electrons. The van der Waals surface area contributed by atoms with E-state index in [0.29, 0.717) is 16.8 Å². The lowest BCUT2D eigenvalue weighted by atomic mass is 9.88. The number of hydrogen-bond acceptors (Lipinski definition) is 7. The monoisotopic (exact) mass is 482 g/mol. The normalized spacial score (nSPS) is 25.6. The maximum atomic E-state index is 12.1. The zero-order valence-corrected chi connectivity index (χ0v) is 20.3. The first kappa shape index (κ1) is 22.9. The first-order valence-electron chi connectivity index (χ1n) is 11.9. The summed E-state index contributed by atoms with van der Waals surface area (Å²) in [6.07, 6.45) is 8.72. The Labute approximate surface area is 204 Å². The van der Waals surface area contributed by atoms with E-state index in [1.54, 1.807) is 13.3 Å². The van der Waals surface area contributed by atoms with Gasteiger partial charge in [-0.1, -0.05) is 30.7 Å². The standard InChI is InChI=1S/C25H31ClN6O2/c1-3-32-8-6-14-11-19(20(34-2)12-15(14)7-9-32)29-25-28-13-18(26)24(31-25)30-22-17-5-4-16(10-17)21(22)23(27)33/h4-5,11-13,16-17,21-22H,3,6-10H2,1-2H3,(H2,27,33)(H2,28,29,30,31)/t16-,17+,21+,22-/m1/s1. The Balaban J connectivity index is 1.39. The van der Waals surface area contributed by atoms with Crippen LogP contribution in [-0.4, -0.2) is 53.6 Å². The molecule has 4 atom stereocenters. The third kappa shape index (κ3) is 4.32. The lowest BCUT2D eigenvalue weighted by Gasteiger charge is -2.27. The minimum atomic E-state index is -0.297. The van der Waals surface area contributed by atoms with E-state index in [0.717, 1.165) is 50.3 Å². The summed E-state index contributed by atoms with van der Waals surface area (Å²) in [5.41, 5.74) is 9.15. The molecule has 0 saturated heterocycles. The number of hydrogen-bond donors (Lipinski definition) is 3. The van der Waals surface area contributed by atoms with Gasteiger partial charge in [-0.15, -0.1) is 0 Å². The smallest absolute Gasteiger partial charge is 0.229 e. The maximum absolute atomic E-state index is 12.1. The summed E-state index contributed by atoms with van der Waals surface area (Å²) < 4.78 is 5.68. The molecule has 1 fully saturated rings. The van der Waals surface area contributed by atoms with Gasteiger partial charge < -0.3 is 26.0 Å². The summed E-state index contributed by atoms with van der Waals surface area (Å²) in [6.45, 7) is 5.35. The molecular formula is C25H31ClN6O2. The van der Waals surface area contributed by atoms with Gasteiger partial charge in [0.1, 0.15) is 10.8 Å². The van der Waals surface area contributed by atoms with Crippen molar-refractivity contribution in [2.24, 2.45) is 23.5 Å². The van der Waals surface area contributed by atoms with Crippen LogP contribution in [0.4, 0.5) is 17.5 Å². The molecule has 34 heavy (non-hydrogen) atoms. The second-order valence-electron chi connectivity index (χ2n) is 9.32. The number of primary amides is 1. The molecule has 1 aromatic heterocycles. The van der Waals surface area contributed by atoms with Crippen molar-refractivity contribution in [2.75, 3.05) is 37.4 Å². The van der Waals surface area contributed by atoms with E-state index < -0.39 is 0 Å². The van der Waals surface area contributed by atoms with Crippen molar-refractivity contribution < 1.29 is 9.53 Å². The Hall–Kier alpha value is -2.84. The zero-order valence-electron chi connectivity index (χ0n) is 19.6. The Morgan fingerprint density at radius 3 is 2.68 bits per heavy atom. The summed E-state index contributed by atoms with van der Waals surface area (Å²) >= 11 is 6.43. The van der Waals surface area contributed by atoms with Crippen LogP contribution in [0.15, 0.2) is 30.5 Å². The predicted octanol–water partition coefficient (Wildman–Crippen LogP) is 3.39. The largest absolute Gasteiger partial charge is 0.495 e. The molecule has 3 aliphatic rings. The van der Waals surface area contributed by atoms with E-state index in [1.807, 2.05) is 0 Å². The van der Waals surface area contributed by atoms with Crippen molar-refractivity contribution in [3.63, 3.8) is 0 Å². The fourth-order valence-electron chi connectivity index (χ4n) is 5.60. The van der Waals surface area contributed by atoms with Crippen molar-refractivity contribution in [1.29, 1.82) is 0 Å². The van der Waals surface area contributed by atoms with Gasteiger partial charge in [-0.05, 0) is 60.9 Å². The summed E-state index contributed by atoms with van der Waals surface area (Å²) in [7, 11) is 1.67. The molecule has 9 heteroatoms. The number of nitrogens with one attached hydrogen (secondary N) is 2. The highest BCUT2D eigenvalue weighted by atomic mass is 35.5. The van der Waals surface area contributed by atoms with Crippen LogP contribution in [0.1, 0.15) is 24.5 Å². The van der Waals surface area contributed by atoms with Crippen LogP contribution < -0.4 is 21.1 Å². The summed E-state index contributed by atoms with van der Waals surface area (Å²) in [5, 5.41) is 7.10. The molecule has 2 aromatic rings. The van der Waals surface area contributed by atoms with Crippen LogP contribution >= 0.6 is 11.6 Å². The third-order valence-corrected chi connectivity index (χ3v) is 7.72. The minimum Gasteiger partial charge on any atom is -0.495 e. The van der Waals surface area contributed by atoms with Gasteiger partial charge in [-0.3, -0.25) is 4.79 Å². The Bertz CT molecular complexity index is 1120. The molecule has 1 aliphatic heterocycles. The van der Waals surface area contributed by atoms with E-state index in [9.17, 15) is 4.79 Å². The number of likely N-dealkylation sites (N-methyl/N-ethyl adjacent to an activating group) is 1. The maximum Gasteiger partial charge on any atom is 0.229 e. The number of fused-ring (bicyclic) bond motifs is 3. The zero-order chi connectivity index (χ0) is 23.8. The highest BCUT2D eigenvalue weighted by Gasteiger charge is 2.47. The molecule has 1 saturated carbocycles. The number of aromatic nitrogens is 2. The topological polar surface area (TPSA) is 105 Å². The van der Waals surface area contributed by atoms with E-state index in [-0.39, 0.29) is 29.7 Å². The molecule has 8 nitrogen and oxygen atoms in total. The van der Waals surface area contributed by atoms with Crippen LogP contribution in [0, 0.1) is 17.8 Å². The first-order chi connectivity index (χ1) is 16.5. The number of amides is 1. The Kier molecular flexibility index (Phi) is 6.36. The van der Waals surface area contributed by atoms with Crippen LogP contribution in [0.2, 0.25) is 5.02 Å². The van der Waals surface area contributed by atoms with Gasteiger partial charge in [0, 0.05) is 19.1 Å². The van der Waals surface area contributed by atoms with Crippen molar-refractivity contribution >= 4 is 35.0 Å². The van der Waals surface area contributed by atoms with Gasteiger partial charge in [0.05, 0.1) is 24.9 Å². The molecule has 5 rings (SSSR count). The summed E-state index contributed by atoms with van der Waals surface area (Å²) in [5.74, 6) is 1.48. The van der Waals surface area contributed by atoms with Gasteiger partial charge in [0.15, 0.2) is 5.82 Å². The molecule has 2 bridgehead atoms. The molecule has 1 amide bonds. The predicted molar refractivity (Wildman–Crippen MR) is 134 cm³/mol. The average molecular weight is 483 g/mol. The lowest BCUT2D eigenvalue weighted by Crippen LogP contribution is -2.41. The lowest BCUT2D eigenvalue weighted by molar-refractivity contribution is -0.122. The summed E-state index contributed by atoms with van der Waals surface area (Å²) in [6, 6.07) is 4.13. The van der Waals surface area contributed by atoms with Crippen molar-refractivity contribution in [3.05, 3.63) is 46.6 Å². The number of carbonyl (C=O) groups is 1. The van der Waals surface area contributed by atoms with E-state index in [4.69, 9.17) is 22.1 Å². The molecule has 2 aliphatic carbocycles. The Morgan fingerprint density at radius 2 is 1.97 bits per heavy atom. The number of methoxy groups -OCH3 is 1. The number of anilines is 3. The molecule has 0 spiro atoms. The van der Waals surface area contributed by atoms with Gasteiger partial charge in [0.25, 0.3) is 0 Å². The fourth-order valence-corrected chi connectivity index (χ4v) is 5.74. The van der Waals surface area contributed by atoms with Gasteiger partial charge in [-0.2, -0.15) is 4.98 Å². The number of nitrogens with zero attached hydrogens (tertiary/aromatic N) is 3. The molecule has 2 heterocycles. The molecule has 4 N–H and O–H groups in total. The van der Waals surface area contributed by atoms with Crippen LogP contribution in [-0.2, 0) is 17.6 Å². The minimum absolute atomic E-state index is 0.128. The number of allylic oxidation sites excluding steroid dienone is 1. The van der Waals surface area contributed by atoms with Crippen molar-refractivity contribution in [3.8, 4) is 5.75 Å². The van der Waals surface area contributed by atoms with Crippen LogP contribution in [0.3, 0.4) is 0 Å². The average Bonchev–Trinajstić information content (AvgIpc) is 3.37. The van der Waals surface area contributed by atoms with Crippen molar-refractivity contribution in [1.82, 2.24) is 14.9 Å². The Morgan fingerprint density at radius 1 is 1.24 bits per heavy atom. The highest BCUT2D eigenvalue weighted by Crippen LogP contribution is 2.45. The SMILES string of the molecule is CCN1CCc2cc(Nc3ncc(Cl)c(N[C@H]4[C@@H](C(N)=O)[C@@H]5C=C[C@H]4C5)n3)c(OC)cc2CC1. The molecular weight excluding hydrogens is 452 g/mol. The van der Waals surface area contributed by atoms with E-state index in [2.05, 4.69) is 56.7 Å². The van der Waals surface area contributed by atoms with E-state index >= 15 is 0 Å². The second-order valence-corrected chi connectivity index (χ2v) is 9.72. The van der Waals surface area contributed by atoms with Gasteiger partial charge in [-0.25, -0.2) is 4.98 Å². The quantitative estimate of drug-likeness (QED) is 0.519. The van der Waals surface area contributed by atoms with E-state index in [1.165, 1.54) is 11.1 Å². The van der Waals surface area contributed by atoms with Crippen molar-refractivity contribution in [2.45, 2.75) is 32.2 Å². The first-order valence-corrected chi connectivity index (χ1v) is 12.3. The van der Waals surface area contributed by atoms with Gasteiger partial charge >= 0.3 is 0 Å². The molecule has 1 aromatic carbocycles. The number of ether oxygens (including phenoxy) is 1. The second kappa shape index (κ2) is 9.43. The summed E-state index contributed by atoms with van der Waals surface area (Å²) in [4.78, 5) is 23.6. The number of halogens is 1. The number of carbonyl (C=O) groups excluding carboxylic acids is 1. The highest BCUT2D eigenvalue weighted by molar-refractivity contribution is 6.32. The molecule has 180 valence electrons.